The minimum atomic E-state index is -0.198. The fourth-order valence-corrected chi connectivity index (χ4v) is 2.51. The van der Waals surface area contributed by atoms with Gasteiger partial charge in [0.15, 0.2) is 0 Å². The van der Waals surface area contributed by atoms with Crippen molar-refractivity contribution < 1.29 is 14.4 Å². The van der Waals surface area contributed by atoms with Crippen LogP contribution in [0, 0.1) is 18.8 Å². The third kappa shape index (κ3) is 3.26. The Morgan fingerprint density at radius 2 is 2.40 bits per heavy atom. The standard InChI is InChI=1S/C14H14N2O3S/c1-10-7-15-19-13(10)14(18)16(2)8-12-6-11(9-20-12)4-3-5-17/h6-7,9,17H,5,8H2,1-2H3. The molecule has 1 amide bonds. The van der Waals surface area contributed by atoms with Crippen LogP contribution >= 0.6 is 11.3 Å². The maximum atomic E-state index is 12.1. The lowest BCUT2D eigenvalue weighted by Gasteiger charge is -2.14. The molecule has 0 radical (unpaired) electrons. The molecular weight excluding hydrogens is 276 g/mol. The van der Waals surface area contributed by atoms with Gasteiger partial charge in [-0.3, -0.25) is 4.79 Å². The van der Waals surface area contributed by atoms with Crippen molar-refractivity contribution in [2.24, 2.45) is 0 Å². The zero-order valence-corrected chi connectivity index (χ0v) is 12.0. The number of aliphatic hydroxyl groups is 1. The summed E-state index contributed by atoms with van der Waals surface area (Å²) in [5.74, 6) is 5.49. The number of hydrogen-bond donors (Lipinski definition) is 1. The molecular formula is C14H14N2O3S. The Hall–Kier alpha value is -2.10. The molecule has 0 aliphatic rings. The van der Waals surface area contributed by atoms with Gasteiger partial charge in [-0.25, -0.2) is 0 Å². The minimum Gasteiger partial charge on any atom is -0.384 e. The van der Waals surface area contributed by atoms with Crippen molar-refractivity contribution in [2.75, 3.05) is 13.7 Å². The first-order valence-corrected chi connectivity index (χ1v) is 6.83. The fourth-order valence-electron chi connectivity index (χ4n) is 1.65. The van der Waals surface area contributed by atoms with Gasteiger partial charge >= 0.3 is 0 Å². The first-order chi connectivity index (χ1) is 9.61. The molecule has 0 unspecified atom stereocenters. The summed E-state index contributed by atoms with van der Waals surface area (Å²) >= 11 is 1.52. The number of amides is 1. The first kappa shape index (κ1) is 14.3. The van der Waals surface area contributed by atoms with Crippen molar-refractivity contribution in [3.05, 3.63) is 39.4 Å². The molecule has 0 bridgehead atoms. The van der Waals surface area contributed by atoms with Crippen molar-refractivity contribution in [3.63, 3.8) is 0 Å². The summed E-state index contributed by atoms with van der Waals surface area (Å²) in [6, 6.07) is 1.91. The molecule has 20 heavy (non-hydrogen) atoms. The lowest BCUT2D eigenvalue weighted by atomic mass is 10.2. The molecule has 0 aliphatic carbocycles. The van der Waals surface area contributed by atoms with Gasteiger partial charge in [0.2, 0.25) is 5.76 Å². The second-order valence-corrected chi connectivity index (χ2v) is 5.26. The topological polar surface area (TPSA) is 66.6 Å². The lowest BCUT2D eigenvalue weighted by Crippen LogP contribution is -2.25. The zero-order chi connectivity index (χ0) is 14.5. The molecule has 2 aromatic heterocycles. The molecule has 104 valence electrons. The Kier molecular flexibility index (Phi) is 4.56. The third-order valence-electron chi connectivity index (χ3n) is 2.65. The van der Waals surface area contributed by atoms with E-state index in [1.165, 1.54) is 17.5 Å². The second-order valence-electron chi connectivity index (χ2n) is 4.26. The smallest absolute Gasteiger partial charge is 0.292 e. The van der Waals surface area contributed by atoms with Crippen molar-refractivity contribution in [1.29, 1.82) is 0 Å². The van der Waals surface area contributed by atoms with E-state index in [1.54, 1.807) is 18.9 Å². The van der Waals surface area contributed by atoms with Gasteiger partial charge in [0, 0.05) is 28.4 Å². The van der Waals surface area contributed by atoms with Crippen molar-refractivity contribution in [2.45, 2.75) is 13.5 Å². The minimum absolute atomic E-state index is 0.158. The predicted octanol–water partition coefficient (Wildman–Crippen LogP) is 1.66. The number of carbonyl (C=O) groups excluding carboxylic acids is 1. The number of rotatable bonds is 3. The molecule has 0 atom stereocenters. The first-order valence-electron chi connectivity index (χ1n) is 5.95. The van der Waals surface area contributed by atoms with Gasteiger partial charge in [0.05, 0.1) is 12.7 Å². The number of thiophene rings is 1. The van der Waals surface area contributed by atoms with E-state index in [0.29, 0.717) is 6.54 Å². The molecule has 0 fully saturated rings. The fraction of sp³-hybridized carbons (Fsp3) is 0.286. The van der Waals surface area contributed by atoms with Crippen LogP contribution in [0.2, 0.25) is 0 Å². The van der Waals surface area contributed by atoms with Gasteiger partial charge < -0.3 is 14.5 Å². The van der Waals surface area contributed by atoms with E-state index < -0.39 is 0 Å². The van der Waals surface area contributed by atoms with Gasteiger partial charge in [0.1, 0.15) is 6.61 Å². The predicted molar refractivity (Wildman–Crippen MR) is 75.3 cm³/mol. The van der Waals surface area contributed by atoms with Gasteiger partial charge in [0.25, 0.3) is 5.91 Å². The van der Waals surface area contributed by atoms with E-state index in [-0.39, 0.29) is 18.3 Å². The molecule has 2 heterocycles. The average molecular weight is 290 g/mol. The Labute approximate surface area is 120 Å². The highest BCUT2D eigenvalue weighted by Gasteiger charge is 2.19. The maximum absolute atomic E-state index is 12.1. The number of carbonyl (C=O) groups is 1. The summed E-state index contributed by atoms with van der Waals surface area (Å²) in [6.45, 7) is 2.10. The van der Waals surface area contributed by atoms with Crippen molar-refractivity contribution in [3.8, 4) is 11.8 Å². The van der Waals surface area contributed by atoms with E-state index >= 15 is 0 Å². The van der Waals surface area contributed by atoms with Crippen LogP contribution in [0.15, 0.2) is 22.2 Å². The summed E-state index contributed by atoms with van der Waals surface area (Å²) in [4.78, 5) is 14.7. The number of aliphatic hydroxyl groups excluding tert-OH is 1. The Morgan fingerprint density at radius 1 is 1.60 bits per heavy atom. The molecule has 1 N–H and O–H groups in total. The second kappa shape index (κ2) is 6.37. The van der Waals surface area contributed by atoms with Crippen LogP contribution in [0.5, 0.6) is 0 Å². The summed E-state index contributed by atoms with van der Waals surface area (Å²) in [5.41, 5.74) is 1.57. The van der Waals surface area contributed by atoms with Crippen LogP contribution in [0.1, 0.15) is 26.6 Å². The van der Waals surface area contributed by atoms with Gasteiger partial charge in [-0.05, 0) is 13.0 Å². The molecule has 0 spiro atoms. The van der Waals surface area contributed by atoms with Crippen LogP contribution in [0.25, 0.3) is 0 Å². The van der Waals surface area contributed by atoms with Gasteiger partial charge in [-0.15, -0.1) is 11.3 Å². The number of aromatic nitrogens is 1. The maximum Gasteiger partial charge on any atom is 0.292 e. The zero-order valence-electron chi connectivity index (χ0n) is 11.2. The third-order valence-corrected chi connectivity index (χ3v) is 3.57. The summed E-state index contributed by atoms with van der Waals surface area (Å²) in [7, 11) is 1.71. The molecule has 2 aromatic rings. The number of hydrogen-bond acceptors (Lipinski definition) is 5. The highest BCUT2D eigenvalue weighted by molar-refractivity contribution is 7.10. The van der Waals surface area contributed by atoms with Gasteiger partial charge in [-0.2, -0.15) is 0 Å². The van der Waals surface area contributed by atoms with Crippen LogP contribution < -0.4 is 0 Å². The monoisotopic (exact) mass is 290 g/mol. The quantitative estimate of drug-likeness (QED) is 0.873. The summed E-state index contributed by atoms with van der Waals surface area (Å²) < 4.78 is 4.96. The largest absolute Gasteiger partial charge is 0.384 e. The molecule has 0 saturated heterocycles. The summed E-state index contributed by atoms with van der Waals surface area (Å²) in [6.07, 6.45) is 1.52. The van der Waals surface area contributed by atoms with Gasteiger partial charge in [-0.1, -0.05) is 17.0 Å². The molecule has 0 aliphatic heterocycles. The van der Waals surface area contributed by atoms with Crippen molar-refractivity contribution in [1.82, 2.24) is 10.1 Å². The molecule has 2 rings (SSSR count). The van der Waals surface area contributed by atoms with E-state index in [0.717, 1.165) is 16.0 Å². The number of nitrogens with zero attached hydrogens (tertiary/aromatic N) is 2. The molecule has 0 saturated carbocycles. The van der Waals surface area contributed by atoms with Crippen LogP contribution in [0.3, 0.4) is 0 Å². The van der Waals surface area contributed by atoms with Crippen LogP contribution in [-0.4, -0.2) is 34.7 Å². The molecule has 0 aromatic carbocycles. The van der Waals surface area contributed by atoms with E-state index in [2.05, 4.69) is 17.0 Å². The molecule has 5 nitrogen and oxygen atoms in total. The normalized spacial score (nSPS) is 9.95. The van der Waals surface area contributed by atoms with Crippen LogP contribution in [0.4, 0.5) is 0 Å². The van der Waals surface area contributed by atoms with E-state index in [9.17, 15) is 4.79 Å². The summed E-state index contributed by atoms with van der Waals surface area (Å²) in [5, 5.41) is 14.2. The molecule has 6 heteroatoms. The lowest BCUT2D eigenvalue weighted by molar-refractivity contribution is 0.0744. The highest BCUT2D eigenvalue weighted by Crippen LogP contribution is 2.17. The Balaban J connectivity index is 2.04. The Bertz CT molecular complexity index is 663. The Morgan fingerprint density at radius 3 is 3.05 bits per heavy atom. The number of aryl methyl sites for hydroxylation is 1. The van der Waals surface area contributed by atoms with E-state index in [1.807, 2.05) is 11.4 Å². The SMILES string of the molecule is Cc1cnoc1C(=O)N(C)Cc1cc(C#CCO)cs1. The highest BCUT2D eigenvalue weighted by atomic mass is 32.1. The van der Waals surface area contributed by atoms with E-state index in [4.69, 9.17) is 9.63 Å². The van der Waals surface area contributed by atoms with Crippen molar-refractivity contribution >= 4 is 17.2 Å². The average Bonchev–Trinajstić information content (AvgIpc) is 3.04. The van der Waals surface area contributed by atoms with Crippen LogP contribution in [-0.2, 0) is 6.54 Å².